The first-order chi connectivity index (χ1) is 18.1. The normalized spacial score (nSPS) is 10.9. The number of hydrogen-bond donors (Lipinski definition) is 3. The van der Waals surface area contributed by atoms with Gasteiger partial charge in [0.25, 0.3) is 0 Å². The van der Waals surface area contributed by atoms with Crippen LogP contribution in [0.4, 0.5) is 28.8 Å². The average Bonchev–Trinajstić information content (AvgIpc) is 3.67. The Balaban J connectivity index is 1.35. The van der Waals surface area contributed by atoms with Crippen LogP contribution in [0.2, 0.25) is 0 Å². The van der Waals surface area contributed by atoms with Gasteiger partial charge in [-0.2, -0.15) is 21.3 Å². The van der Waals surface area contributed by atoms with Crippen molar-refractivity contribution in [2.75, 3.05) is 16.0 Å². The van der Waals surface area contributed by atoms with Crippen molar-refractivity contribution >= 4 is 57.2 Å². The van der Waals surface area contributed by atoms with Crippen LogP contribution in [0.3, 0.4) is 0 Å². The first-order valence-corrected chi connectivity index (χ1v) is 12.3. The highest BCUT2D eigenvalue weighted by Gasteiger charge is 2.15. The van der Waals surface area contributed by atoms with E-state index in [1.54, 1.807) is 30.2 Å². The third kappa shape index (κ3) is 4.75. The molecule has 182 valence electrons. The van der Waals surface area contributed by atoms with E-state index in [2.05, 4.69) is 25.9 Å². The largest absolute Gasteiger partial charge is 0.338 e. The smallest absolute Gasteiger partial charge is 0.231 e. The Bertz CT molecular complexity index is 1660. The lowest BCUT2D eigenvalue weighted by molar-refractivity contribution is -0.114. The summed E-state index contributed by atoms with van der Waals surface area (Å²) in [5.74, 6) is 0.868. The molecule has 0 saturated carbocycles. The van der Waals surface area contributed by atoms with Gasteiger partial charge in [-0.15, -0.1) is 0 Å². The van der Waals surface area contributed by atoms with Gasteiger partial charge in [-0.1, -0.05) is 0 Å². The first kappa shape index (κ1) is 22.4. The van der Waals surface area contributed by atoms with E-state index >= 15 is 0 Å². The molecular formula is C26H21N9OS. The van der Waals surface area contributed by atoms with Crippen molar-refractivity contribution in [2.45, 2.75) is 6.92 Å². The molecule has 0 aliphatic rings. The molecule has 0 atom stereocenters. The molecule has 1 amide bonds. The van der Waals surface area contributed by atoms with Gasteiger partial charge in [0.1, 0.15) is 6.33 Å². The van der Waals surface area contributed by atoms with E-state index in [9.17, 15) is 4.79 Å². The van der Waals surface area contributed by atoms with Crippen molar-refractivity contribution in [3.63, 3.8) is 0 Å². The van der Waals surface area contributed by atoms with Crippen LogP contribution in [0.1, 0.15) is 6.92 Å². The summed E-state index contributed by atoms with van der Waals surface area (Å²) < 4.78 is 3.87. The highest BCUT2D eigenvalue weighted by molar-refractivity contribution is 7.08. The number of aromatic nitrogens is 6. The standard InChI is InChI=1S/C26H21N9OS/c1-17(36)29-18-2-4-19(5-3-18)30-24-23-25(35(16-28-23)22-10-13-37-14-22)33-26(32-24)31-20-6-8-21(9-7-20)34-12-11-27-15-34/h2-16H,1H3,(H,29,36)(H2,30,31,32,33). The van der Waals surface area contributed by atoms with Gasteiger partial charge in [0.15, 0.2) is 17.0 Å². The molecule has 37 heavy (non-hydrogen) atoms. The van der Waals surface area contributed by atoms with Crippen LogP contribution >= 0.6 is 11.3 Å². The predicted molar refractivity (Wildman–Crippen MR) is 145 cm³/mol. The Labute approximate surface area is 215 Å². The Morgan fingerprint density at radius 1 is 0.865 bits per heavy atom. The summed E-state index contributed by atoms with van der Waals surface area (Å²) in [7, 11) is 0. The number of nitrogens with zero attached hydrogens (tertiary/aromatic N) is 6. The summed E-state index contributed by atoms with van der Waals surface area (Å²) in [5, 5.41) is 13.5. The van der Waals surface area contributed by atoms with Crippen LogP contribution in [-0.4, -0.2) is 35.0 Å². The van der Waals surface area contributed by atoms with E-state index < -0.39 is 0 Å². The summed E-state index contributed by atoms with van der Waals surface area (Å²) in [5.41, 5.74) is 5.65. The maximum absolute atomic E-state index is 11.3. The van der Waals surface area contributed by atoms with E-state index in [1.807, 2.05) is 80.7 Å². The van der Waals surface area contributed by atoms with Crippen LogP contribution in [0, 0.1) is 0 Å². The Kier molecular flexibility index (Phi) is 5.79. The molecule has 0 aliphatic heterocycles. The second-order valence-electron chi connectivity index (χ2n) is 8.19. The minimum atomic E-state index is -0.119. The zero-order valence-electron chi connectivity index (χ0n) is 19.7. The fraction of sp³-hybridized carbons (Fsp3) is 0.0385. The number of benzene rings is 2. The van der Waals surface area contributed by atoms with E-state index in [1.165, 1.54) is 6.92 Å². The molecule has 0 bridgehead atoms. The fourth-order valence-electron chi connectivity index (χ4n) is 3.86. The molecule has 2 aromatic carbocycles. The molecule has 0 saturated heterocycles. The maximum atomic E-state index is 11.3. The lowest BCUT2D eigenvalue weighted by Gasteiger charge is -2.12. The van der Waals surface area contributed by atoms with Gasteiger partial charge >= 0.3 is 0 Å². The highest BCUT2D eigenvalue weighted by Crippen LogP contribution is 2.28. The van der Waals surface area contributed by atoms with E-state index in [0.29, 0.717) is 28.6 Å². The van der Waals surface area contributed by atoms with Gasteiger partial charge in [-0.25, -0.2) is 9.97 Å². The number of carbonyl (C=O) groups is 1. The van der Waals surface area contributed by atoms with Crippen molar-refractivity contribution in [3.8, 4) is 11.4 Å². The minimum Gasteiger partial charge on any atom is -0.338 e. The summed E-state index contributed by atoms with van der Waals surface area (Å²) in [6.07, 6.45) is 7.14. The molecule has 0 spiro atoms. The Morgan fingerprint density at radius 2 is 1.62 bits per heavy atom. The first-order valence-electron chi connectivity index (χ1n) is 11.4. The summed E-state index contributed by atoms with van der Waals surface area (Å²) in [6, 6.07) is 17.3. The van der Waals surface area contributed by atoms with Gasteiger partial charge in [-0.3, -0.25) is 9.36 Å². The van der Waals surface area contributed by atoms with Crippen molar-refractivity contribution in [2.24, 2.45) is 0 Å². The van der Waals surface area contributed by atoms with Gasteiger partial charge in [0.05, 0.1) is 12.0 Å². The average molecular weight is 508 g/mol. The van der Waals surface area contributed by atoms with Crippen LogP contribution in [-0.2, 0) is 4.79 Å². The third-order valence-corrected chi connectivity index (χ3v) is 6.25. The van der Waals surface area contributed by atoms with E-state index in [4.69, 9.17) is 9.97 Å². The van der Waals surface area contributed by atoms with Crippen molar-refractivity contribution < 1.29 is 4.79 Å². The van der Waals surface area contributed by atoms with Gasteiger partial charge in [0.2, 0.25) is 11.9 Å². The topological polar surface area (TPSA) is 115 Å². The summed E-state index contributed by atoms with van der Waals surface area (Å²) >= 11 is 1.61. The summed E-state index contributed by atoms with van der Waals surface area (Å²) in [6.45, 7) is 1.48. The lowest BCUT2D eigenvalue weighted by Crippen LogP contribution is -2.06. The van der Waals surface area contributed by atoms with Crippen molar-refractivity contribution in [3.05, 3.63) is 90.4 Å². The highest BCUT2D eigenvalue weighted by atomic mass is 32.1. The summed E-state index contributed by atoms with van der Waals surface area (Å²) in [4.78, 5) is 29.6. The zero-order chi connectivity index (χ0) is 25.2. The molecule has 0 unspecified atom stereocenters. The van der Waals surface area contributed by atoms with Gasteiger partial charge < -0.3 is 20.5 Å². The second kappa shape index (κ2) is 9.55. The number of amides is 1. The lowest BCUT2D eigenvalue weighted by atomic mass is 10.2. The molecule has 10 nitrogen and oxygen atoms in total. The number of hydrogen-bond acceptors (Lipinski definition) is 8. The number of anilines is 5. The number of carbonyl (C=O) groups excluding carboxylic acids is 1. The number of imidazole rings is 2. The number of thiophene rings is 1. The maximum Gasteiger partial charge on any atom is 0.231 e. The zero-order valence-corrected chi connectivity index (χ0v) is 20.5. The molecule has 11 heteroatoms. The van der Waals surface area contributed by atoms with Gasteiger partial charge in [0, 0.05) is 47.4 Å². The molecule has 0 radical (unpaired) electrons. The van der Waals surface area contributed by atoms with Crippen LogP contribution in [0.15, 0.2) is 90.4 Å². The Morgan fingerprint density at radius 3 is 2.32 bits per heavy atom. The number of fused-ring (bicyclic) bond motifs is 1. The molecule has 4 aromatic heterocycles. The fourth-order valence-corrected chi connectivity index (χ4v) is 4.49. The van der Waals surface area contributed by atoms with Crippen LogP contribution in [0.5, 0.6) is 0 Å². The van der Waals surface area contributed by atoms with Crippen molar-refractivity contribution in [1.82, 2.24) is 29.1 Å². The van der Waals surface area contributed by atoms with Crippen molar-refractivity contribution in [1.29, 1.82) is 0 Å². The van der Waals surface area contributed by atoms with Crippen LogP contribution < -0.4 is 16.0 Å². The Hall–Kier alpha value is -5.03. The van der Waals surface area contributed by atoms with E-state index in [-0.39, 0.29) is 5.91 Å². The van der Waals surface area contributed by atoms with E-state index in [0.717, 1.165) is 22.7 Å². The molecular weight excluding hydrogens is 486 g/mol. The number of rotatable bonds is 7. The third-order valence-electron chi connectivity index (χ3n) is 5.57. The minimum absolute atomic E-state index is 0.119. The molecule has 0 aliphatic carbocycles. The second-order valence-corrected chi connectivity index (χ2v) is 8.97. The molecule has 3 N–H and O–H groups in total. The molecule has 6 rings (SSSR count). The molecule has 4 heterocycles. The van der Waals surface area contributed by atoms with Crippen LogP contribution in [0.25, 0.3) is 22.5 Å². The predicted octanol–water partition coefficient (Wildman–Crippen LogP) is 5.51. The SMILES string of the molecule is CC(=O)Nc1ccc(Nc2nc(Nc3ccc(-n4ccnc4)cc3)nc3c2ncn3-c2ccsc2)cc1. The quantitative estimate of drug-likeness (QED) is 0.261. The number of nitrogens with one attached hydrogen (secondary N) is 3. The monoisotopic (exact) mass is 507 g/mol. The molecule has 0 fully saturated rings. The van der Waals surface area contributed by atoms with Gasteiger partial charge in [-0.05, 0) is 60.0 Å². The molecule has 6 aromatic rings.